The molecule has 2 aliphatic heterocycles. The van der Waals surface area contributed by atoms with Crippen LogP contribution >= 0.6 is 15.9 Å². The second-order valence-electron chi connectivity index (χ2n) is 7.00. The number of hydrogen-bond acceptors (Lipinski definition) is 4. The van der Waals surface area contributed by atoms with Gasteiger partial charge in [0.05, 0.1) is 18.7 Å². The fourth-order valence-electron chi connectivity index (χ4n) is 3.78. The Morgan fingerprint density at radius 1 is 1.33 bits per heavy atom. The lowest BCUT2D eigenvalue weighted by Gasteiger charge is -2.50. The predicted octanol–water partition coefficient (Wildman–Crippen LogP) is 4.31. The van der Waals surface area contributed by atoms with Crippen LogP contribution in [-0.2, 0) is 4.74 Å². The van der Waals surface area contributed by atoms with Gasteiger partial charge < -0.3 is 14.8 Å². The average Bonchev–Trinajstić information content (AvgIpc) is 2.63. The summed E-state index contributed by atoms with van der Waals surface area (Å²) in [5.41, 5.74) is 2.19. The Balaban J connectivity index is 1.76. The molecule has 1 fully saturated rings. The second-order valence-corrected chi connectivity index (χ2v) is 7.85. The number of halogens is 1. The number of fused-ring (bicyclic) bond motifs is 4. The van der Waals surface area contributed by atoms with Crippen LogP contribution in [0.4, 0.5) is 10.5 Å². The third kappa shape index (κ3) is 2.86. The topological polar surface area (TPSA) is 67.9 Å². The number of carbonyl (C=O) groups excluding carboxylic acids is 2. The number of carbonyl (C=O) groups is 2. The maximum Gasteiger partial charge on any atom is 0.337 e. The quantitative estimate of drug-likeness (QED) is 0.720. The molecular formula is C20H19BrN2O4. The van der Waals surface area contributed by atoms with Crippen molar-refractivity contribution in [2.75, 3.05) is 12.0 Å². The summed E-state index contributed by atoms with van der Waals surface area (Å²) in [5.74, 6) is 0.237. The average molecular weight is 431 g/mol. The van der Waals surface area contributed by atoms with Crippen LogP contribution in [0.15, 0.2) is 40.9 Å². The van der Waals surface area contributed by atoms with Crippen molar-refractivity contribution < 1.29 is 19.1 Å². The van der Waals surface area contributed by atoms with E-state index in [0.717, 1.165) is 21.3 Å². The van der Waals surface area contributed by atoms with Gasteiger partial charge in [0.15, 0.2) is 5.72 Å². The summed E-state index contributed by atoms with van der Waals surface area (Å²) < 4.78 is 12.0. The van der Waals surface area contributed by atoms with Crippen LogP contribution in [0.5, 0.6) is 5.75 Å². The van der Waals surface area contributed by atoms with Gasteiger partial charge in [-0.3, -0.25) is 4.90 Å². The number of aryl methyl sites for hydroxylation is 1. The Bertz CT molecular complexity index is 961. The fourth-order valence-corrected chi connectivity index (χ4v) is 4.02. The third-order valence-electron chi connectivity index (χ3n) is 5.09. The smallest absolute Gasteiger partial charge is 0.337 e. The van der Waals surface area contributed by atoms with E-state index in [-0.39, 0.29) is 12.1 Å². The number of methoxy groups -OCH3 is 1. The minimum absolute atomic E-state index is 0.232. The second kappa shape index (κ2) is 6.27. The Labute approximate surface area is 165 Å². The summed E-state index contributed by atoms with van der Waals surface area (Å²) in [6.45, 7) is 3.89. The molecule has 0 saturated carbocycles. The number of ether oxygens (including phenoxy) is 2. The fraction of sp³-hybridized carbons (Fsp3) is 0.300. The molecule has 0 radical (unpaired) electrons. The number of rotatable bonds is 2. The molecule has 6 nitrogen and oxygen atoms in total. The van der Waals surface area contributed by atoms with Crippen molar-refractivity contribution in [3.8, 4) is 5.75 Å². The van der Waals surface area contributed by atoms with E-state index in [4.69, 9.17) is 9.47 Å². The number of benzene rings is 2. The Hall–Kier alpha value is -2.54. The van der Waals surface area contributed by atoms with Crippen molar-refractivity contribution in [1.29, 1.82) is 0 Å². The summed E-state index contributed by atoms with van der Waals surface area (Å²) in [5, 5.41) is 3.04. The molecule has 2 aliphatic rings. The highest BCUT2D eigenvalue weighted by Crippen LogP contribution is 2.46. The monoisotopic (exact) mass is 430 g/mol. The Kier molecular flexibility index (Phi) is 4.14. The molecule has 0 aromatic heterocycles. The third-order valence-corrected chi connectivity index (χ3v) is 5.98. The predicted molar refractivity (Wildman–Crippen MR) is 104 cm³/mol. The van der Waals surface area contributed by atoms with E-state index >= 15 is 0 Å². The normalized spacial score (nSPS) is 23.2. The van der Waals surface area contributed by atoms with E-state index < -0.39 is 11.7 Å². The van der Waals surface area contributed by atoms with E-state index in [1.54, 1.807) is 23.1 Å². The first-order valence-electron chi connectivity index (χ1n) is 8.60. The van der Waals surface area contributed by atoms with Crippen LogP contribution in [0.1, 0.15) is 40.9 Å². The summed E-state index contributed by atoms with van der Waals surface area (Å²) in [4.78, 5) is 26.4. The van der Waals surface area contributed by atoms with Crippen molar-refractivity contribution in [3.63, 3.8) is 0 Å². The van der Waals surface area contributed by atoms with Crippen LogP contribution in [0.25, 0.3) is 0 Å². The van der Waals surface area contributed by atoms with Crippen LogP contribution in [0.3, 0.4) is 0 Å². The first kappa shape index (κ1) is 17.9. The van der Waals surface area contributed by atoms with E-state index in [1.165, 1.54) is 7.11 Å². The number of urea groups is 1. The van der Waals surface area contributed by atoms with Crippen LogP contribution < -0.4 is 15.0 Å². The van der Waals surface area contributed by atoms with Crippen molar-refractivity contribution >= 4 is 33.6 Å². The number of nitrogens with one attached hydrogen (secondary N) is 1. The molecule has 0 aliphatic carbocycles. The zero-order valence-corrected chi connectivity index (χ0v) is 16.8. The lowest BCUT2D eigenvalue weighted by molar-refractivity contribution is 0.0377. The van der Waals surface area contributed by atoms with Crippen molar-refractivity contribution in [2.24, 2.45) is 0 Å². The van der Waals surface area contributed by atoms with Gasteiger partial charge in [-0.05, 0) is 55.8 Å². The number of amides is 2. The highest BCUT2D eigenvalue weighted by Gasteiger charge is 2.50. The molecule has 2 heterocycles. The van der Waals surface area contributed by atoms with Gasteiger partial charge in [-0.25, -0.2) is 9.59 Å². The van der Waals surface area contributed by atoms with Crippen molar-refractivity contribution in [1.82, 2.24) is 5.32 Å². The molecule has 4 rings (SSSR count). The lowest BCUT2D eigenvalue weighted by atomic mass is 9.89. The van der Waals surface area contributed by atoms with Gasteiger partial charge >= 0.3 is 12.0 Å². The largest absolute Gasteiger partial charge is 0.467 e. The molecule has 1 N–H and O–H groups in total. The van der Waals surface area contributed by atoms with Crippen LogP contribution in [-0.4, -0.2) is 24.8 Å². The zero-order valence-electron chi connectivity index (χ0n) is 15.2. The van der Waals surface area contributed by atoms with E-state index in [9.17, 15) is 9.59 Å². The van der Waals surface area contributed by atoms with Gasteiger partial charge in [0.1, 0.15) is 5.75 Å². The Morgan fingerprint density at radius 2 is 2.11 bits per heavy atom. The van der Waals surface area contributed by atoms with Gasteiger partial charge in [0.25, 0.3) is 0 Å². The molecule has 27 heavy (non-hydrogen) atoms. The summed E-state index contributed by atoms with van der Waals surface area (Å²) >= 11 is 3.49. The highest BCUT2D eigenvalue weighted by atomic mass is 79.9. The molecule has 2 atom stereocenters. The number of esters is 1. The maximum absolute atomic E-state index is 12.9. The maximum atomic E-state index is 12.9. The molecule has 2 aromatic carbocycles. The van der Waals surface area contributed by atoms with Gasteiger partial charge in [-0.15, -0.1) is 0 Å². The Morgan fingerprint density at radius 3 is 2.81 bits per heavy atom. The molecule has 0 unspecified atom stereocenters. The molecule has 1 saturated heterocycles. The molecule has 7 heteroatoms. The van der Waals surface area contributed by atoms with Crippen molar-refractivity contribution in [2.45, 2.75) is 32.0 Å². The minimum atomic E-state index is -0.826. The molecule has 2 bridgehead atoms. The molecule has 2 aromatic rings. The van der Waals surface area contributed by atoms with Gasteiger partial charge in [-0.2, -0.15) is 0 Å². The molecule has 2 amide bonds. The van der Waals surface area contributed by atoms with Gasteiger partial charge in [0.2, 0.25) is 0 Å². The zero-order chi connectivity index (χ0) is 19.3. The van der Waals surface area contributed by atoms with Gasteiger partial charge in [-0.1, -0.05) is 15.9 Å². The first-order valence-corrected chi connectivity index (χ1v) is 9.40. The number of hydrogen-bond donors (Lipinski definition) is 1. The highest BCUT2D eigenvalue weighted by molar-refractivity contribution is 9.10. The molecule has 0 spiro atoms. The van der Waals surface area contributed by atoms with Crippen LogP contribution in [0.2, 0.25) is 0 Å². The standard InChI is InChI=1S/C20H19BrN2O4/c1-11-8-13(5-6-15(11)21)23-19(25)22-16-10-20(23,2)27-17-7-4-12(9-14(16)17)18(24)26-3/h4-9,16H,10H2,1-3H3,(H,22,25)/t16-,20+/m0/s1. The summed E-state index contributed by atoms with van der Waals surface area (Å²) in [6, 6.07) is 10.5. The SMILES string of the molecule is COC(=O)c1ccc2c(c1)[C@@H]1C[C@@](C)(O2)N(c2ccc(Br)c(C)c2)C(=O)N1. The van der Waals surface area contributed by atoms with Crippen LogP contribution in [0, 0.1) is 6.92 Å². The molecule has 140 valence electrons. The van der Waals surface area contributed by atoms with Gasteiger partial charge in [0, 0.05) is 22.1 Å². The minimum Gasteiger partial charge on any atom is -0.467 e. The van der Waals surface area contributed by atoms with E-state index in [0.29, 0.717) is 17.7 Å². The lowest BCUT2D eigenvalue weighted by Crippen LogP contribution is -2.65. The number of nitrogens with zero attached hydrogens (tertiary/aromatic N) is 1. The first-order chi connectivity index (χ1) is 12.8. The molecular weight excluding hydrogens is 412 g/mol. The van der Waals surface area contributed by atoms with E-state index in [1.807, 2.05) is 32.0 Å². The van der Waals surface area contributed by atoms with Crippen molar-refractivity contribution in [3.05, 3.63) is 57.6 Å². The number of anilines is 1. The summed E-state index contributed by atoms with van der Waals surface area (Å²) in [7, 11) is 1.34. The summed E-state index contributed by atoms with van der Waals surface area (Å²) in [6.07, 6.45) is 0.561. The van der Waals surface area contributed by atoms with E-state index in [2.05, 4.69) is 21.2 Å².